The van der Waals surface area contributed by atoms with Gasteiger partial charge in [0.15, 0.2) is 22.8 Å². The predicted octanol–water partition coefficient (Wildman–Crippen LogP) is 1.29. The van der Waals surface area contributed by atoms with Crippen molar-refractivity contribution < 1.29 is 24.6 Å². The number of phenols is 1. The molecule has 0 aliphatic carbocycles. The van der Waals surface area contributed by atoms with Crippen LogP contribution in [-0.4, -0.2) is 74.5 Å². The maximum absolute atomic E-state index is 12.9. The van der Waals surface area contributed by atoms with Gasteiger partial charge >= 0.3 is 5.97 Å². The second-order valence-corrected chi connectivity index (χ2v) is 10.2. The van der Waals surface area contributed by atoms with Crippen molar-refractivity contribution >= 4 is 52.0 Å². The predicted molar refractivity (Wildman–Crippen MR) is 165 cm³/mol. The summed E-state index contributed by atoms with van der Waals surface area (Å²) in [4.78, 5) is 54.1. The fraction of sp³-hybridized carbons (Fsp3) is 0.214. The van der Waals surface area contributed by atoms with E-state index in [4.69, 9.17) is 17.2 Å². The average Bonchev–Trinajstić information content (AvgIpc) is 3.56. The number of nitrogens with zero attached hydrogens (tertiary/aromatic N) is 7. The molecule has 11 N–H and O–H groups in total. The number of carbonyl (C=O) groups excluding carboxylic acids is 2. The zero-order valence-corrected chi connectivity index (χ0v) is 24.1. The van der Waals surface area contributed by atoms with Gasteiger partial charge in [0.25, 0.3) is 5.91 Å². The van der Waals surface area contributed by atoms with Crippen molar-refractivity contribution in [3.8, 4) is 17.1 Å². The highest BCUT2D eigenvalue weighted by Crippen LogP contribution is 2.25. The van der Waals surface area contributed by atoms with Crippen LogP contribution >= 0.6 is 0 Å². The Morgan fingerprint density at radius 1 is 0.978 bits per heavy atom. The van der Waals surface area contributed by atoms with Crippen molar-refractivity contribution in [3.63, 3.8) is 0 Å². The van der Waals surface area contributed by atoms with Crippen LogP contribution in [-0.2, 0) is 11.3 Å². The number of tetrazole rings is 1. The highest BCUT2D eigenvalue weighted by Gasteiger charge is 2.23. The molecule has 1 atom stereocenters. The number of hydrogen-bond donors (Lipinski definition) is 8. The van der Waals surface area contributed by atoms with E-state index in [9.17, 15) is 24.6 Å². The van der Waals surface area contributed by atoms with Gasteiger partial charge in [-0.15, -0.1) is 10.2 Å². The van der Waals surface area contributed by atoms with Crippen LogP contribution in [0.5, 0.6) is 5.75 Å². The van der Waals surface area contributed by atoms with Crippen molar-refractivity contribution in [2.45, 2.75) is 38.3 Å². The zero-order chi connectivity index (χ0) is 32.8. The number of nitrogens with one attached hydrogen (secondary N) is 3. The highest BCUT2D eigenvalue weighted by atomic mass is 16.4. The zero-order valence-electron chi connectivity index (χ0n) is 24.1. The molecule has 0 radical (unpaired) electrons. The molecule has 46 heavy (non-hydrogen) atoms. The molecular weight excluding hydrogens is 598 g/mol. The summed E-state index contributed by atoms with van der Waals surface area (Å²) >= 11 is 0. The van der Waals surface area contributed by atoms with Gasteiger partial charge in [0.1, 0.15) is 11.8 Å². The van der Waals surface area contributed by atoms with E-state index >= 15 is 0 Å². The number of phenolic OH excluding ortho intramolecular Hbond substituents is 1. The summed E-state index contributed by atoms with van der Waals surface area (Å²) in [6.45, 7) is 0.193. The molecule has 0 aliphatic heterocycles. The van der Waals surface area contributed by atoms with Crippen molar-refractivity contribution in [3.05, 3.63) is 59.4 Å². The first-order valence-corrected chi connectivity index (χ1v) is 13.9. The number of aliphatic carboxylic acids is 1. The molecule has 5 rings (SSSR count). The van der Waals surface area contributed by atoms with Crippen LogP contribution in [0.25, 0.3) is 22.6 Å². The van der Waals surface area contributed by atoms with Crippen molar-refractivity contribution in [1.82, 2.24) is 45.9 Å². The van der Waals surface area contributed by atoms with Gasteiger partial charge in [0.05, 0.1) is 24.0 Å². The normalized spacial score (nSPS) is 11.7. The van der Waals surface area contributed by atoms with Crippen LogP contribution in [0.15, 0.2) is 42.6 Å². The second-order valence-electron chi connectivity index (χ2n) is 10.2. The van der Waals surface area contributed by atoms with Gasteiger partial charge < -0.3 is 38.0 Å². The van der Waals surface area contributed by atoms with E-state index in [1.54, 1.807) is 24.3 Å². The number of benzene rings is 2. The SMILES string of the molecule is Nc1ccc(C(=O)CCCC[C@H](NC(=O)c2ccc(NCc3cnc4nc(N)nc(N)c4n3)cc2O)C(=O)O)c(-c2nn[nH]n2)c1. The summed E-state index contributed by atoms with van der Waals surface area (Å²) in [6, 6.07) is 7.73. The Morgan fingerprint density at radius 3 is 2.52 bits per heavy atom. The summed E-state index contributed by atoms with van der Waals surface area (Å²) in [5, 5.41) is 39.4. The van der Waals surface area contributed by atoms with E-state index in [1.807, 2.05) is 0 Å². The number of nitrogen functional groups attached to an aromatic ring is 3. The third-order valence-electron chi connectivity index (χ3n) is 6.90. The molecule has 0 saturated carbocycles. The number of aromatic hydroxyl groups is 1. The van der Waals surface area contributed by atoms with Crippen LogP contribution in [0.2, 0.25) is 0 Å². The molecule has 236 valence electrons. The number of carbonyl (C=O) groups is 3. The van der Waals surface area contributed by atoms with Gasteiger partial charge in [-0.2, -0.15) is 15.2 Å². The first-order valence-electron chi connectivity index (χ1n) is 13.9. The molecule has 18 heteroatoms. The number of rotatable bonds is 13. The maximum Gasteiger partial charge on any atom is 0.326 e. The molecule has 3 aromatic heterocycles. The molecular formula is C28H29N13O5. The van der Waals surface area contributed by atoms with E-state index in [1.165, 1.54) is 18.3 Å². The fourth-order valence-corrected chi connectivity index (χ4v) is 4.62. The van der Waals surface area contributed by atoms with Crippen LogP contribution in [0, 0.1) is 0 Å². The lowest BCUT2D eigenvalue weighted by Crippen LogP contribution is -2.40. The number of H-pyrrole nitrogens is 1. The molecule has 1 amide bonds. The molecule has 0 aliphatic rings. The van der Waals surface area contributed by atoms with Gasteiger partial charge in [-0.25, -0.2) is 14.8 Å². The standard InChI is InChI=1S/C28H29N13O5/c29-13-5-7-16(18(9-13)24-38-40-41-39-24)20(42)4-2-1-3-19(27(45)46)35-26(44)17-8-6-14(10-21(17)43)32-11-15-12-33-25-22(34-15)23(30)36-28(31)37-25/h5-10,12,19,32,43H,1-4,11,29H2,(H,35,44)(H,45,46)(H,38,39,40,41)(H4,30,31,33,36,37)/t19-/m0/s1. The number of Topliss-reactive ketones (excluding diaryl/α,β-unsaturated/α-hetero) is 1. The van der Waals surface area contributed by atoms with E-state index in [-0.39, 0.29) is 59.7 Å². The lowest BCUT2D eigenvalue weighted by molar-refractivity contribution is -0.139. The topological polar surface area (TPSA) is 300 Å². The Kier molecular flexibility index (Phi) is 9.06. The largest absolute Gasteiger partial charge is 0.507 e. The minimum atomic E-state index is -1.25. The average molecular weight is 628 g/mol. The molecule has 0 bridgehead atoms. The maximum atomic E-state index is 12.9. The Hall–Kier alpha value is -6.46. The number of aromatic amines is 1. The lowest BCUT2D eigenvalue weighted by Gasteiger charge is -2.16. The molecule has 0 saturated heterocycles. The van der Waals surface area contributed by atoms with Gasteiger partial charge in [-0.3, -0.25) is 9.59 Å². The minimum Gasteiger partial charge on any atom is -0.507 e. The molecule has 0 unspecified atom stereocenters. The third kappa shape index (κ3) is 7.18. The second kappa shape index (κ2) is 13.5. The molecule has 5 aromatic rings. The van der Waals surface area contributed by atoms with Gasteiger partial charge in [0.2, 0.25) is 11.8 Å². The van der Waals surface area contributed by atoms with Crippen molar-refractivity contribution in [2.75, 3.05) is 22.5 Å². The van der Waals surface area contributed by atoms with Crippen LogP contribution in [0.3, 0.4) is 0 Å². The Bertz CT molecular complexity index is 1920. The van der Waals surface area contributed by atoms with Crippen LogP contribution in [0.1, 0.15) is 52.1 Å². The summed E-state index contributed by atoms with van der Waals surface area (Å²) in [6.07, 6.45) is 2.34. The summed E-state index contributed by atoms with van der Waals surface area (Å²) in [7, 11) is 0. The number of aromatic nitrogens is 8. The van der Waals surface area contributed by atoms with Gasteiger partial charge in [-0.05, 0) is 48.4 Å². The van der Waals surface area contributed by atoms with Crippen molar-refractivity contribution in [2.24, 2.45) is 0 Å². The Morgan fingerprint density at radius 2 is 1.78 bits per heavy atom. The molecule has 2 aromatic carbocycles. The molecule has 18 nitrogen and oxygen atoms in total. The first kappa shape index (κ1) is 31.0. The van der Waals surface area contributed by atoms with Crippen LogP contribution < -0.4 is 27.8 Å². The monoisotopic (exact) mass is 627 g/mol. The number of carboxylic acid groups (broad SMARTS) is 1. The smallest absolute Gasteiger partial charge is 0.326 e. The number of fused-ring (bicyclic) bond motifs is 1. The number of nitrogens with two attached hydrogens (primary N) is 3. The highest BCUT2D eigenvalue weighted by molar-refractivity contribution is 6.02. The number of carboxylic acids is 1. The number of unbranched alkanes of at least 4 members (excludes halogenated alkanes) is 1. The lowest BCUT2D eigenvalue weighted by atomic mass is 9.97. The van der Waals surface area contributed by atoms with Crippen molar-refractivity contribution in [1.29, 1.82) is 0 Å². The molecule has 0 fully saturated rings. The minimum absolute atomic E-state index is 0.0154. The first-order chi connectivity index (χ1) is 22.1. The van der Waals surface area contributed by atoms with E-state index in [2.05, 4.69) is 51.2 Å². The molecule has 3 heterocycles. The summed E-state index contributed by atoms with van der Waals surface area (Å²) in [5.41, 5.74) is 19.9. The summed E-state index contributed by atoms with van der Waals surface area (Å²) < 4.78 is 0. The van der Waals surface area contributed by atoms with E-state index in [0.29, 0.717) is 46.6 Å². The van der Waals surface area contributed by atoms with Gasteiger partial charge in [0, 0.05) is 35.0 Å². The number of ketones is 1. The number of amides is 1. The van der Waals surface area contributed by atoms with E-state index < -0.39 is 17.9 Å². The number of anilines is 4. The Labute approximate surface area is 259 Å². The quantitative estimate of drug-likeness (QED) is 0.0518. The molecule has 0 spiro atoms. The third-order valence-corrected chi connectivity index (χ3v) is 6.90. The van der Waals surface area contributed by atoms with Gasteiger partial charge in [-0.1, -0.05) is 6.42 Å². The number of hydrogen-bond acceptors (Lipinski definition) is 15. The fourth-order valence-electron chi connectivity index (χ4n) is 4.62. The van der Waals surface area contributed by atoms with E-state index in [0.717, 1.165) is 0 Å². The Balaban J connectivity index is 1.14. The van der Waals surface area contributed by atoms with Crippen LogP contribution in [0.4, 0.5) is 23.1 Å². The summed E-state index contributed by atoms with van der Waals surface area (Å²) in [5.74, 6) is -2.29.